The Bertz CT molecular complexity index is 367. The molecule has 0 aliphatic carbocycles. The molecule has 2 amide bonds. The van der Waals surface area contributed by atoms with Crippen LogP contribution < -0.4 is 5.32 Å². The number of nitrogens with zero attached hydrogens (tertiary/aromatic N) is 2. The molecule has 1 heterocycles. The lowest BCUT2D eigenvalue weighted by atomic mass is 9.95. The lowest BCUT2D eigenvalue weighted by molar-refractivity contribution is -0.134. The van der Waals surface area contributed by atoms with Gasteiger partial charge in [-0.25, -0.2) is 0 Å². The SMILES string of the molecule is CCN(CC)CCCNC(=O)C1CCN(C(=O)C(C)SC)CC1. The average Bonchev–Trinajstić information content (AvgIpc) is 2.60. The zero-order valence-corrected chi connectivity index (χ0v) is 16.0. The average molecular weight is 344 g/mol. The molecule has 1 aliphatic heterocycles. The maximum atomic E-state index is 12.2. The summed E-state index contributed by atoms with van der Waals surface area (Å²) >= 11 is 1.58. The molecule has 0 aromatic rings. The molecule has 0 saturated carbocycles. The van der Waals surface area contributed by atoms with Gasteiger partial charge in [-0.1, -0.05) is 13.8 Å². The Labute approximate surface area is 145 Å². The number of carbonyl (C=O) groups excluding carboxylic acids is 2. The summed E-state index contributed by atoms with van der Waals surface area (Å²) in [6, 6.07) is 0. The highest BCUT2D eigenvalue weighted by Crippen LogP contribution is 2.20. The summed E-state index contributed by atoms with van der Waals surface area (Å²) < 4.78 is 0. The van der Waals surface area contributed by atoms with Crippen LogP contribution in [-0.4, -0.2) is 72.4 Å². The zero-order chi connectivity index (χ0) is 17.2. The van der Waals surface area contributed by atoms with E-state index in [0.29, 0.717) is 13.1 Å². The monoisotopic (exact) mass is 343 g/mol. The molecular weight excluding hydrogens is 310 g/mol. The molecule has 134 valence electrons. The highest BCUT2D eigenvalue weighted by atomic mass is 32.2. The van der Waals surface area contributed by atoms with Gasteiger partial charge in [0.1, 0.15) is 0 Å². The molecule has 1 N–H and O–H groups in total. The van der Waals surface area contributed by atoms with Gasteiger partial charge in [-0.05, 0) is 52.1 Å². The van der Waals surface area contributed by atoms with E-state index in [4.69, 9.17) is 0 Å². The van der Waals surface area contributed by atoms with Crippen LogP contribution in [0.25, 0.3) is 0 Å². The quantitative estimate of drug-likeness (QED) is 0.649. The van der Waals surface area contributed by atoms with Crippen molar-refractivity contribution in [1.82, 2.24) is 15.1 Å². The Kier molecular flexibility index (Phi) is 9.63. The van der Waals surface area contributed by atoms with Gasteiger partial charge in [0, 0.05) is 25.6 Å². The minimum Gasteiger partial charge on any atom is -0.356 e. The number of amides is 2. The maximum Gasteiger partial charge on any atom is 0.235 e. The van der Waals surface area contributed by atoms with Gasteiger partial charge in [-0.2, -0.15) is 11.8 Å². The third-order valence-corrected chi connectivity index (χ3v) is 5.63. The van der Waals surface area contributed by atoms with E-state index in [1.165, 1.54) is 0 Å². The van der Waals surface area contributed by atoms with E-state index >= 15 is 0 Å². The lowest BCUT2D eigenvalue weighted by Crippen LogP contribution is -2.45. The van der Waals surface area contributed by atoms with Gasteiger partial charge in [-0.15, -0.1) is 0 Å². The fourth-order valence-electron chi connectivity index (χ4n) is 2.92. The third kappa shape index (κ3) is 6.71. The van der Waals surface area contributed by atoms with E-state index in [2.05, 4.69) is 24.1 Å². The van der Waals surface area contributed by atoms with E-state index < -0.39 is 0 Å². The van der Waals surface area contributed by atoms with Crippen LogP contribution in [0.5, 0.6) is 0 Å². The normalized spacial score (nSPS) is 17.3. The summed E-state index contributed by atoms with van der Waals surface area (Å²) in [5.41, 5.74) is 0. The minimum atomic E-state index is 0.0143. The van der Waals surface area contributed by atoms with Crippen LogP contribution in [0, 0.1) is 5.92 Å². The second-order valence-electron chi connectivity index (χ2n) is 6.15. The van der Waals surface area contributed by atoms with Crippen LogP contribution in [0.1, 0.15) is 40.0 Å². The van der Waals surface area contributed by atoms with E-state index in [-0.39, 0.29) is 23.0 Å². The zero-order valence-electron chi connectivity index (χ0n) is 15.1. The summed E-state index contributed by atoms with van der Waals surface area (Å²) in [5.74, 6) is 0.433. The molecule has 1 unspecified atom stereocenters. The van der Waals surface area contributed by atoms with Crippen molar-refractivity contribution in [1.29, 1.82) is 0 Å². The molecule has 1 fully saturated rings. The molecule has 6 heteroatoms. The molecule has 0 bridgehead atoms. The number of nitrogens with one attached hydrogen (secondary N) is 1. The molecule has 1 aliphatic rings. The number of hydrogen-bond acceptors (Lipinski definition) is 4. The Morgan fingerprint density at radius 2 is 1.87 bits per heavy atom. The fraction of sp³-hybridized carbons (Fsp3) is 0.882. The molecule has 1 saturated heterocycles. The fourth-order valence-corrected chi connectivity index (χ4v) is 3.27. The summed E-state index contributed by atoms with van der Waals surface area (Å²) in [4.78, 5) is 28.6. The number of hydrogen-bond donors (Lipinski definition) is 1. The maximum absolute atomic E-state index is 12.2. The van der Waals surface area contributed by atoms with Crippen molar-refractivity contribution in [3.8, 4) is 0 Å². The van der Waals surface area contributed by atoms with Gasteiger partial charge < -0.3 is 15.1 Å². The van der Waals surface area contributed by atoms with Crippen LogP contribution in [0.3, 0.4) is 0 Å². The van der Waals surface area contributed by atoms with Crippen LogP contribution in [0.2, 0.25) is 0 Å². The third-order valence-electron chi connectivity index (χ3n) is 4.72. The molecule has 5 nitrogen and oxygen atoms in total. The highest BCUT2D eigenvalue weighted by Gasteiger charge is 2.28. The smallest absolute Gasteiger partial charge is 0.235 e. The number of carbonyl (C=O) groups is 2. The summed E-state index contributed by atoms with van der Waals surface area (Å²) in [6.07, 6.45) is 4.53. The molecule has 1 atom stereocenters. The molecule has 0 aromatic carbocycles. The lowest BCUT2D eigenvalue weighted by Gasteiger charge is -2.32. The van der Waals surface area contributed by atoms with Gasteiger partial charge in [0.2, 0.25) is 11.8 Å². The summed E-state index contributed by atoms with van der Waals surface area (Å²) in [5, 5.41) is 3.08. The number of piperidine rings is 1. The van der Waals surface area contributed by atoms with Crippen molar-refractivity contribution in [2.24, 2.45) is 5.92 Å². The van der Waals surface area contributed by atoms with Gasteiger partial charge >= 0.3 is 0 Å². The molecule has 1 rings (SSSR count). The number of thioether (sulfide) groups is 1. The topological polar surface area (TPSA) is 52.7 Å². The first kappa shape index (κ1) is 20.3. The number of rotatable bonds is 9. The van der Waals surface area contributed by atoms with Crippen LogP contribution in [0.15, 0.2) is 0 Å². The first-order valence-electron chi connectivity index (χ1n) is 8.85. The standard InChI is InChI=1S/C17H33N3O2S/c1-5-19(6-2)11-7-10-18-16(21)15-8-12-20(13-9-15)17(22)14(3)23-4/h14-15H,5-13H2,1-4H3,(H,18,21). The van der Waals surface area contributed by atoms with Crippen LogP contribution in [0.4, 0.5) is 0 Å². The van der Waals surface area contributed by atoms with Crippen molar-refractivity contribution in [2.75, 3.05) is 45.5 Å². The highest BCUT2D eigenvalue weighted by molar-refractivity contribution is 7.99. The predicted molar refractivity (Wildman–Crippen MR) is 97.7 cm³/mol. The van der Waals surface area contributed by atoms with Gasteiger partial charge in [0.05, 0.1) is 5.25 Å². The van der Waals surface area contributed by atoms with Crippen molar-refractivity contribution in [2.45, 2.75) is 45.3 Å². The summed E-state index contributed by atoms with van der Waals surface area (Å²) in [6.45, 7) is 11.6. The molecule has 0 radical (unpaired) electrons. The van der Waals surface area contributed by atoms with Crippen LogP contribution in [-0.2, 0) is 9.59 Å². The second kappa shape index (κ2) is 10.9. The Hall–Kier alpha value is -0.750. The largest absolute Gasteiger partial charge is 0.356 e. The molecule has 0 spiro atoms. The second-order valence-corrected chi connectivity index (χ2v) is 7.33. The summed E-state index contributed by atoms with van der Waals surface area (Å²) in [7, 11) is 0. The minimum absolute atomic E-state index is 0.0143. The van der Waals surface area contributed by atoms with Crippen molar-refractivity contribution in [3.05, 3.63) is 0 Å². The predicted octanol–water partition coefficient (Wildman–Crippen LogP) is 1.82. The van der Waals surface area contributed by atoms with Gasteiger partial charge in [-0.3, -0.25) is 9.59 Å². The van der Waals surface area contributed by atoms with Gasteiger partial charge in [0.25, 0.3) is 0 Å². The van der Waals surface area contributed by atoms with E-state index in [1.54, 1.807) is 11.8 Å². The Balaban J connectivity index is 2.23. The Morgan fingerprint density at radius 1 is 1.26 bits per heavy atom. The first-order valence-corrected chi connectivity index (χ1v) is 10.1. The van der Waals surface area contributed by atoms with Crippen LogP contribution >= 0.6 is 11.8 Å². The van der Waals surface area contributed by atoms with E-state index in [1.807, 2.05) is 18.1 Å². The first-order chi connectivity index (χ1) is 11.0. The van der Waals surface area contributed by atoms with E-state index in [0.717, 1.165) is 45.4 Å². The van der Waals surface area contributed by atoms with Gasteiger partial charge in [0.15, 0.2) is 0 Å². The van der Waals surface area contributed by atoms with Crippen molar-refractivity contribution < 1.29 is 9.59 Å². The Morgan fingerprint density at radius 3 is 2.39 bits per heavy atom. The molecular formula is C17H33N3O2S. The van der Waals surface area contributed by atoms with Crippen molar-refractivity contribution in [3.63, 3.8) is 0 Å². The van der Waals surface area contributed by atoms with E-state index in [9.17, 15) is 9.59 Å². The molecule has 23 heavy (non-hydrogen) atoms. The number of likely N-dealkylation sites (tertiary alicyclic amines) is 1. The molecule has 0 aromatic heterocycles. The van der Waals surface area contributed by atoms with Crippen molar-refractivity contribution >= 4 is 23.6 Å².